The second-order valence-corrected chi connectivity index (χ2v) is 24.6. The van der Waals surface area contributed by atoms with E-state index in [1.165, 1.54) is 0 Å². The molecule has 2 aromatic carbocycles. The van der Waals surface area contributed by atoms with Crippen molar-refractivity contribution in [2.45, 2.75) is 77.1 Å². The predicted molar refractivity (Wildman–Crippen MR) is 167 cm³/mol. The molecule has 216 valence electrons. The molecule has 0 amide bonds. The lowest BCUT2D eigenvalue weighted by molar-refractivity contribution is 0.111. The highest BCUT2D eigenvalue weighted by Crippen LogP contribution is 2.28. The van der Waals surface area contributed by atoms with E-state index in [4.69, 9.17) is 40.9 Å². The number of aldehydes is 2. The number of hydrogen-bond acceptors (Lipinski definition) is 6. The summed E-state index contributed by atoms with van der Waals surface area (Å²) >= 11 is 12.1. The maximum atomic E-state index is 10.9. The average Bonchev–Trinajstić information content (AvgIpc) is 2.82. The first-order chi connectivity index (χ1) is 18.3. The summed E-state index contributed by atoms with van der Waals surface area (Å²) in [5.74, 6) is 1.35. The van der Waals surface area contributed by atoms with Crippen LogP contribution >= 0.6 is 23.2 Å². The normalized spacial score (nSPS) is 12.3. The highest BCUT2D eigenvalue weighted by Gasteiger charge is 2.39. The van der Waals surface area contributed by atoms with Crippen LogP contribution in [0.1, 0.15) is 46.4 Å². The van der Waals surface area contributed by atoms with Crippen molar-refractivity contribution >= 4 is 61.0 Å². The number of hydrogen-bond donors (Lipinski definition) is 0. The van der Waals surface area contributed by atoms with Crippen LogP contribution < -0.4 is 9.47 Å². The zero-order valence-corrected chi connectivity index (χ0v) is 28.5. The number of carbonyl (C=O) groups is 2. The predicted octanol–water partition coefficient (Wildman–Crippen LogP) is 8.78. The molecule has 0 fully saturated rings. The lowest BCUT2D eigenvalue weighted by atomic mass is 10.2. The molecule has 0 unspecified atom stereocenters. The summed E-state index contributed by atoms with van der Waals surface area (Å²) in [6, 6.07) is 12.3. The van der Waals surface area contributed by atoms with Crippen molar-refractivity contribution in [3.05, 3.63) is 57.6 Å². The monoisotopic (exact) mass is 628 g/mol. The van der Waals surface area contributed by atoms with Gasteiger partial charge < -0.3 is 17.7 Å². The quantitative estimate of drug-likeness (QED) is 0.0933. The van der Waals surface area contributed by atoms with Gasteiger partial charge in [0, 0.05) is 11.1 Å². The zero-order chi connectivity index (χ0) is 29.1. The van der Waals surface area contributed by atoms with Crippen LogP contribution in [0, 0.1) is 0 Å². The first-order valence-corrected chi connectivity index (χ1v) is 23.2. The summed E-state index contributed by atoms with van der Waals surface area (Å²) < 4.78 is 25.0. The average molecular weight is 630 g/mol. The molecule has 0 heterocycles. The Hall–Kier alpha value is -1.47. The molecule has 11 heteroatoms. The molecule has 0 aromatic heterocycles. The highest BCUT2D eigenvalue weighted by molar-refractivity contribution is 6.87. The van der Waals surface area contributed by atoms with Gasteiger partial charge in [0.25, 0.3) is 0 Å². The third-order valence-corrected chi connectivity index (χ3v) is 18.2. The second kappa shape index (κ2) is 15.5. The van der Waals surface area contributed by atoms with Gasteiger partial charge in [-0.25, -0.2) is 0 Å². The molecule has 2 aromatic rings. The Morgan fingerprint density at radius 3 is 1.36 bits per heavy atom. The van der Waals surface area contributed by atoms with Gasteiger partial charge in [0.1, 0.15) is 11.5 Å². The first kappa shape index (κ1) is 33.7. The summed E-state index contributed by atoms with van der Waals surface area (Å²) in [7, 11) is -6.06. The summed E-state index contributed by atoms with van der Waals surface area (Å²) in [5, 5.41) is 0.813. The minimum absolute atomic E-state index is 0.407. The van der Waals surface area contributed by atoms with Crippen LogP contribution in [0.3, 0.4) is 0 Å². The third kappa shape index (κ3) is 12.7. The molecule has 0 aliphatic heterocycles. The summed E-state index contributed by atoms with van der Waals surface area (Å²) in [6.07, 6.45) is 5.37. The van der Waals surface area contributed by atoms with Crippen LogP contribution in [0.5, 0.6) is 11.5 Å². The third-order valence-electron chi connectivity index (χ3n) is 6.13. The van der Waals surface area contributed by atoms with Gasteiger partial charge in [-0.2, -0.15) is 0 Å². The molecule has 6 nitrogen and oxygen atoms in total. The Bertz CT molecular complexity index is 1010. The molecule has 2 rings (SSSR count). The van der Waals surface area contributed by atoms with Gasteiger partial charge in [0.05, 0.1) is 23.3 Å². The van der Waals surface area contributed by atoms with Crippen LogP contribution in [0.15, 0.2) is 36.4 Å². The van der Waals surface area contributed by atoms with Gasteiger partial charge in [0.15, 0.2) is 29.2 Å². The number of benzene rings is 2. The maximum Gasteiger partial charge on any atom is 0.311 e. The fourth-order valence-electron chi connectivity index (χ4n) is 4.53. The van der Waals surface area contributed by atoms with E-state index in [0.29, 0.717) is 45.9 Å². The fraction of sp³-hybridized carbons (Fsp3) is 0.500. The van der Waals surface area contributed by atoms with Crippen LogP contribution in [-0.4, -0.2) is 51.0 Å². The van der Waals surface area contributed by atoms with Crippen LogP contribution in [0.4, 0.5) is 0 Å². The molecule has 0 radical (unpaired) electrons. The minimum Gasteiger partial charge on any atom is -0.494 e. The fourth-order valence-corrected chi connectivity index (χ4v) is 19.2. The smallest absolute Gasteiger partial charge is 0.311 e. The van der Waals surface area contributed by atoms with E-state index < -0.39 is 25.2 Å². The molecule has 0 bridgehead atoms. The van der Waals surface area contributed by atoms with E-state index >= 15 is 0 Å². The van der Waals surface area contributed by atoms with Gasteiger partial charge in [-0.15, -0.1) is 0 Å². The molecule has 0 N–H and O–H groups in total. The molecule has 0 atom stereocenters. The number of ether oxygens (including phenoxy) is 2. The topological polar surface area (TPSA) is 71.1 Å². The molecular formula is C28H42Cl2O6Si3. The van der Waals surface area contributed by atoms with E-state index in [1.807, 2.05) is 0 Å². The highest BCUT2D eigenvalue weighted by atomic mass is 35.5. The largest absolute Gasteiger partial charge is 0.494 e. The van der Waals surface area contributed by atoms with E-state index in [9.17, 15) is 9.59 Å². The van der Waals surface area contributed by atoms with Crippen molar-refractivity contribution in [3.63, 3.8) is 0 Å². The lowest BCUT2D eigenvalue weighted by Gasteiger charge is -2.38. The number of unbranched alkanes of at least 4 members (excludes halogenated alkanes) is 2. The van der Waals surface area contributed by atoms with Gasteiger partial charge in [-0.1, -0.05) is 36.0 Å². The lowest BCUT2D eigenvalue weighted by Crippen LogP contribution is -2.52. The maximum absolute atomic E-state index is 10.9. The van der Waals surface area contributed by atoms with Crippen LogP contribution in [-0.2, 0) is 8.23 Å². The molecule has 0 saturated heterocycles. The Morgan fingerprint density at radius 2 is 1.03 bits per heavy atom. The summed E-state index contributed by atoms with van der Waals surface area (Å²) in [5.41, 5.74) is 0.931. The Balaban J connectivity index is 1.68. The van der Waals surface area contributed by atoms with Crippen molar-refractivity contribution in [1.29, 1.82) is 0 Å². The zero-order valence-electron chi connectivity index (χ0n) is 24.0. The molecular weight excluding hydrogens is 587 g/mol. The Kier molecular flexibility index (Phi) is 13.4. The van der Waals surface area contributed by atoms with Crippen LogP contribution in [0.2, 0.25) is 61.4 Å². The van der Waals surface area contributed by atoms with Crippen molar-refractivity contribution in [1.82, 2.24) is 0 Å². The van der Waals surface area contributed by atoms with Gasteiger partial charge in [-0.05, 0) is 101 Å². The minimum atomic E-state index is -2.27. The van der Waals surface area contributed by atoms with E-state index in [2.05, 4.69) is 39.3 Å². The van der Waals surface area contributed by atoms with Crippen molar-refractivity contribution in [2.75, 3.05) is 13.2 Å². The molecule has 0 aliphatic carbocycles. The van der Waals surface area contributed by atoms with E-state index in [0.717, 1.165) is 50.3 Å². The summed E-state index contributed by atoms with van der Waals surface area (Å²) in [4.78, 5) is 21.8. The van der Waals surface area contributed by atoms with Crippen LogP contribution in [0.25, 0.3) is 0 Å². The Labute approximate surface area is 246 Å². The van der Waals surface area contributed by atoms with Crippen molar-refractivity contribution < 1.29 is 27.3 Å². The number of rotatable bonds is 18. The van der Waals surface area contributed by atoms with Gasteiger partial charge in [0.2, 0.25) is 0 Å². The molecule has 0 aliphatic rings. The summed E-state index contributed by atoms with van der Waals surface area (Å²) in [6.45, 7) is 14.6. The molecule has 0 saturated carbocycles. The Morgan fingerprint density at radius 1 is 0.641 bits per heavy atom. The van der Waals surface area contributed by atoms with Gasteiger partial charge >= 0.3 is 8.56 Å². The first-order valence-electron chi connectivity index (χ1n) is 13.4. The van der Waals surface area contributed by atoms with Crippen molar-refractivity contribution in [3.8, 4) is 11.5 Å². The van der Waals surface area contributed by atoms with Crippen molar-refractivity contribution in [2.24, 2.45) is 0 Å². The van der Waals surface area contributed by atoms with Gasteiger partial charge in [-0.3, -0.25) is 9.59 Å². The number of carbonyl (C=O) groups excluding carboxylic acids is 2. The molecule has 0 spiro atoms. The number of halogens is 2. The SMILES string of the molecule is C[Si](C)(CCCCOc1ccc(C=O)c(Cl)c1)O[Si](C)(C)O[Si](C)(C)CCCCOc1ccc(C=O)c(Cl)c1. The van der Waals surface area contributed by atoms with E-state index in [1.54, 1.807) is 36.4 Å². The standard InChI is InChI=1S/C28H42Cl2O6Si3/c1-37(2,17-9-7-15-33-25-13-11-23(21-31)27(29)19-25)35-39(5,6)36-38(3,4)18-10-8-16-34-26-14-12-24(22-32)28(30)20-26/h11-14,19-22H,7-10,15-18H2,1-6H3. The molecule has 39 heavy (non-hydrogen) atoms. The second-order valence-electron chi connectivity index (χ2n) is 11.3. The van der Waals surface area contributed by atoms with E-state index in [-0.39, 0.29) is 0 Å².